The van der Waals surface area contributed by atoms with E-state index >= 15 is 0 Å². The molecule has 4 aromatic rings. The van der Waals surface area contributed by atoms with Gasteiger partial charge in [-0.3, -0.25) is 19.5 Å². The highest BCUT2D eigenvalue weighted by atomic mass is 35.5. The van der Waals surface area contributed by atoms with Crippen molar-refractivity contribution in [3.63, 3.8) is 0 Å². The minimum Gasteiger partial charge on any atom is -0.383 e. The molecule has 0 fully saturated rings. The summed E-state index contributed by atoms with van der Waals surface area (Å²) in [6.45, 7) is 4.58. The first-order valence-corrected chi connectivity index (χ1v) is 14.0. The van der Waals surface area contributed by atoms with E-state index in [0.29, 0.717) is 58.6 Å². The highest BCUT2D eigenvalue weighted by Gasteiger charge is 2.32. The molecule has 0 aliphatic carbocycles. The number of aliphatic imine (C=N–C) groups is 1. The summed E-state index contributed by atoms with van der Waals surface area (Å²) in [7, 11) is 0. The molecule has 0 spiro atoms. The quantitative estimate of drug-likeness (QED) is 0.163. The van der Waals surface area contributed by atoms with Crippen molar-refractivity contribution >= 4 is 46.3 Å². The van der Waals surface area contributed by atoms with Crippen LogP contribution < -0.4 is 20.9 Å². The van der Waals surface area contributed by atoms with Gasteiger partial charge in [0, 0.05) is 29.9 Å². The van der Waals surface area contributed by atoms with Gasteiger partial charge in [-0.25, -0.2) is 4.99 Å². The Morgan fingerprint density at radius 1 is 1.10 bits per heavy atom. The fourth-order valence-electron chi connectivity index (χ4n) is 4.92. The van der Waals surface area contributed by atoms with Crippen LogP contribution in [0.3, 0.4) is 0 Å². The zero-order chi connectivity index (χ0) is 29.6. The van der Waals surface area contributed by atoms with E-state index in [-0.39, 0.29) is 30.7 Å². The monoisotopic (exact) mass is 585 g/mol. The first-order valence-electron chi connectivity index (χ1n) is 13.7. The van der Waals surface area contributed by atoms with Crippen LogP contribution in [0.15, 0.2) is 76.4 Å². The molecule has 0 radical (unpaired) electrons. The molecular weight excluding hydrogens is 554 g/mol. The lowest BCUT2D eigenvalue weighted by Crippen LogP contribution is -2.50. The Balaban J connectivity index is 1.38. The van der Waals surface area contributed by atoms with Crippen LogP contribution in [0, 0.1) is 13.8 Å². The smallest absolute Gasteiger partial charge is 0.247 e. The molecule has 0 saturated carbocycles. The number of anilines is 2. The summed E-state index contributed by atoms with van der Waals surface area (Å²) in [5.41, 5.74) is 11.3. The molecule has 5 rings (SSSR count). The normalized spacial score (nSPS) is 13.4. The average Bonchev–Trinajstić information content (AvgIpc) is 3.33. The highest BCUT2D eigenvalue weighted by molar-refractivity contribution is 6.30. The van der Waals surface area contributed by atoms with Crippen molar-refractivity contribution in [1.29, 1.82) is 0 Å². The van der Waals surface area contributed by atoms with Gasteiger partial charge in [-0.05, 0) is 74.8 Å². The maximum atomic E-state index is 13.4. The number of hydrogen-bond donors (Lipinski definition) is 2. The van der Waals surface area contributed by atoms with Gasteiger partial charge in [0.05, 0.1) is 34.9 Å². The third kappa shape index (κ3) is 6.67. The summed E-state index contributed by atoms with van der Waals surface area (Å²) in [4.78, 5) is 39.0. The van der Waals surface area contributed by atoms with Gasteiger partial charge in [0.2, 0.25) is 11.8 Å². The minimum atomic E-state index is -0.218. The number of rotatable bonds is 10. The maximum Gasteiger partial charge on any atom is 0.247 e. The van der Waals surface area contributed by atoms with E-state index < -0.39 is 0 Å². The maximum absolute atomic E-state index is 13.4. The van der Waals surface area contributed by atoms with Crippen LogP contribution in [-0.4, -0.2) is 54.0 Å². The van der Waals surface area contributed by atoms with Crippen molar-refractivity contribution in [3.8, 4) is 0 Å². The molecule has 0 bridgehead atoms. The van der Waals surface area contributed by atoms with Gasteiger partial charge in [0.25, 0.3) is 0 Å². The third-order valence-electron chi connectivity index (χ3n) is 7.07. The largest absolute Gasteiger partial charge is 0.383 e. The number of pyridine rings is 1. The lowest BCUT2D eigenvalue weighted by molar-refractivity contribution is -0.122. The molecule has 11 heteroatoms. The van der Waals surface area contributed by atoms with E-state index in [1.54, 1.807) is 43.1 Å². The number of nitrogens with zero attached hydrogens (tertiary/aromatic N) is 5. The van der Waals surface area contributed by atoms with Crippen molar-refractivity contribution in [1.82, 2.24) is 15.5 Å². The molecule has 216 valence electrons. The summed E-state index contributed by atoms with van der Waals surface area (Å²) < 4.78 is 5.24. The molecule has 0 atom stereocenters. The van der Waals surface area contributed by atoms with Gasteiger partial charge in [-0.1, -0.05) is 35.0 Å². The Bertz CT molecular complexity index is 1580. The molecule has 1 aliphatic heterocycles. The van der Waals surface area contributed by atoms with Crippen LogP contribution in [-0.2, 0) is 22.4 Å². The fraction of sp³-hybridized carbons (Fsp3) is 0.258. The predicted molar refractivity (Wildman–Crippen MR) is 163 cm³/mol. The van der Waals surface area contributed by atoms with Gasteiger partial charge in [0.1, 0.15) is 18.1 Å². The lowest BCUT2D eigenvalue weighted by atomic mass is 10.1. The number of carbonyl (C=O) groups excluding carboxylic acids is 2. The van der Waals surface area contributed by atoms with Crippen LogP contribution in [0.25, 0.3) is 0 Å². The van der Waals surface area contributed by atoms with E-state index in [2.05, 4.69) is 20.4 Å². The molecular formula is C31H32ClN7O3. The molecule has 2 aromatic carbocycles. The van der Waals surface area contributed by atoms with Crippen LogP contribution in [0.5, 0.6) is 0 Å². The summed E-state index contributed by atoms with van der Waals surface area (Å²) in [5.74, 6) is 0.440. The van der Waals surface area contributed by atoms with E-state index in [1.807, 2.05) is 42.5 Å². The van der Waals surface area contributed by atoms with E-state index in [0.717, 1.165) is 17.7 Å². The topological polar surface area (TPSA) is 130 Å². The van der Waals surface area contributed by atoms with Gasteiger partial charge >= 0.3 is 0 Å². The third-order valence-corrected chi connectivity index (χ3v) is 7.32. The molecule has 1 aliphatic rings. The fourth-order valence-corrected chi connectivity index (χ4v) is 5.05. The molecule has 2 aromatic heterocycles. The summed E-state index contributed by atoms with van der Waals surface area (Å²) in [5, 5.41) is 7.84. The number of amidine groups is 1. The molecule has 0 saturated heterocycles. The van der Waals surface area contributed by atoms with Crippen LogP contribution in [0.2, 0.25) is 5.02 Å². The molecule has 42 heavy (non-hydrogen) atoms. The summed E-state index contributed by atoms with van der Waals surface area (Å²) >= 11 is 5.97. The number of aryl methyl sites for hydroxylation is 2. The van der Waals surface area contributed by atoms with E-state index in [9.17, 15) is 9.59 Å². The van der Waals surface area contributed by atoms with Gasteiger partial charge in [-0.2, -0.15) is 0 Å². The Labute approximate surface area is 249 Å². The molecule has 3 heterocycles. The average molecular weight is 586 g/mol. The SMILES string of the molecule is Cc1noc(C)c1C(N)=Nc1ccc2c(c1)N(C(=O)CNCCc1ccc(Cl)cc1)CC(=O)N2CCc1ccccn1. The van der Waals surface area contributed by atoms with Crippen LogP contribution in [0.1, 0.15) is 28.3 Å². The Kier molecular flexibility index (Phi) is 8.94. The summed E-state index contributed by atoms with van der Waals surface area (Å²) in [6.07, 6.45) is 3.04. The number of carbonyl (C=O) groups is 2. The second-order valence-corrected chi connectivity index (χ2v) is 10.5. The number of halogens is 1. The number of aromatic nitrogens is 2. The Morgan fingerprint density at radius 2 is 1.90 bits per heavy atom. The van der Waals surface area contributed by atoms with E-state index in [4.69, 9.17) is 21.9 Å². The van der Waals surface area contributed by atoms with E-state index in [1.165, 1.54) is 4.90 Å². The van der Waals surface area contributed by atoms with Gasteiger partial charge < -0.3 is 20.5 Å². The van der Waals surface area contributed by atoms with Crippen molar-refractivity contribution in [2.75, 3.05) is 36.0 Å². The Hall–Kier alpha value is -4.54. The molecule has 10 nitrogen and oxygen atoms in total. The predicted octanol–water partition coefficient (Wildman–Crippen LogP) is 4.13. The second kappa shape index (κ2) is 13.0. The van der Waals surface area contributed by atoms with Crippen LogP contribution in [0.4, 0.5) is 17.1 Å². The van der Waals surface area contributed by atoms with Crippen molar-refractivity contribution < 1.29 is 14.1 Å². The number of benzene rings is 2. The molecule has 0 unspecified atom stereocenters. The number of hydrogen-bond acceptors (Lipinski definition) is 7. The zero-order valence-electron chi connectivity index (χ0n) is 23.5. The van der Waals surface area contributed by atoms with Crippen molar-refractivity contribution in [3.05, 3.63) is 100 Å². The first-order chi connectivity index (χ1) is 20.3. The Morgan fingerprint density at radius 3 is 2.62 bits per heavy atom. The van der Waals surface area contributed by atoms with Crippen molar-refractivity contribution in [2.24, 2.45) is 10.7 Å². The van der Waals surface area contributed by atoms with Crippen LogP contribution >= 0.6 is 11.6 Å². The van der Waals surface area contributed by atoms with Gasteiger partial charge in [0.15, 0.2) is 0 Å². The number of nitrogens with one attached hydrogen (secondary N) is 1. The molecule has 3 N–H and O–H groups in total. The standard InChI is InChI=1S/C31H32ClN7O3/c1-20-30(21(2)42-37-20)31(33)36-25-10-11-26-27(17-25)39(19-29(41)38(26)16-13-24-5-3-4-14-35-24)28(40)18-34-15-12-22-6-8-23(32)9-7-22/h3-11,14,17,34H,12-13,15-16,18-19H2,1-2H3,(H2,33,36). The number of nitrogens with two attached hydrogens (primary N) is 1. The molecule has 2 amide bonds. The zero-order valence-corrected chi connectivity index (χ0v) is 24.3. The van der Waals surface area contributed by atoms with Gasteiger partial charge in [-0.15, -0.1) is 0 Å². The minimum absolute atomic E-state index is 0.0724. The second-order valence-electron chi connectivity index (χ2n) is 10.0. The highest BCUT2D eigenvalue weighted by Crippen LogP contribution is 2.37. The number of fused-ring (bicyclic) bond motifs is 1. The lowest BCUT2D eigenvalue weighted by Gasteiger charge is -2.36. The first kappa shape index (κ1) is 29.0. The van der Waals surface area contributed by atoms with Crippen molar-refractivity contribution in [2.45, 2.75) is 26.7 Å². The number of amides is 2. The summed E-state index contributed by atoms with van der Waals surface area (Å²) in [6, 6.07) is 18.7.